The molecule has 0 radical (unpaired) electrons. The minimum Gasteiger partial charge on any atom is -0.378 e. The van der Waals surface area contributed by atoms with E-state index in [-0.39, 0.29) is 12.2 Å². The molecule has 1 saturated heterocycles. The van der Waals surface area contributed by atoms with E-state index in [0.29, 0.717) is 6.61 Å². The van der Waals surface area contributed by atoms with Gasteiger partial charge in [-0.25, -0.2) is 0 Å². The molecule has 2 rings (SSSR count). The van der Waals surface area contributed by atoms with Crippen LogP contribution in [0.1, 0.15) is 24.3 Å². The van der Waals surface area contributed by atoms with Gasteiger partial charge in [0.1, 0.15) is 0 Å². The van der Waals surface area contributed by atoms with Crippen LogP contribution in [0.3, 0.4) is 0 Å². The maximum Gasteiger partial charge on any atom is 0.0987 e. The molecule has 1 aromatic heterocycles. The van der Waals surface area contributed by atoms with Crippen LogP contribution in [-0.2, 0) is 16.1 Å². The minimum absolute atomic E-state index is 0.0812. The van der Waals surface area contributed by atoms with Crippen LogP contribution in [0.15, 0.2) is 6.20 Å². The second kappa shape index (κ2) is 4.74. The first-order chi connectivity index (χ1) is 7.31. The predicted molar refractivity (Wildman–Crippen MR) is 55.5 cm³/mol. The Labute approximate surface area is 89.2 Å². The van der Waals surface area contributed by atoms with Crippen molar-refractivity contribution in [2.24, 2.45) is 0 Å². The summed E-state index contributed by atoms with van der Waals surface area (Å²) < 4.78 is 10.9. The number of hydrogen-bond donors (Lipinski definition) is 2. The molecule has 84 valence electrons. The van der Waals surface area contributed by atoms with Crippen molar-refractivity contribution in [3.05, 3.63) is 17.5 Å². The maximum absolute atomic E-state index is 5.84. The molecule has 0 saturated carbocycles. The molecule has 15 heavy (non-hydrogen) atoms. The number of methoxy groups -OCH3 is 1. The van der Waals surface area contributed by atoms with Gasteiger partial charge in [-0.1, -0.05) is 0 Å². The van der Waals surface area contributed by atoms with Gasteiger partial charge in [-0.05, 0) is 6.92 Å². The van der Waals surface area contributed by atoms with E-state index >= 15 is 0 Å². The number of aromatic nitrogens is 2. The average Bonchev–Trinajstić information content (AvgIpc) is 2.66. The van der Waals surface area contributed by atoms with E-state index in [2.05, 4.69) is 22.4 Å². The topological polar surface area (TPSA) is 59.2 Å². The number of hydrogen-bond acceptors (Lipinski definition) is 4. The molecule has 1 aliphatic heterocycles. The van der Waals surface area contributed by atoms with E-state index in [1.54, 1.807) is 7.11 Å². The summed E-state index contributed by atoms with van der Waals surface area (Å²) >= 11 is 0. The molecular weight excluding hydrogens is 194 g/mol. The van der Waals surface area contributed by atoms with E-state index in [1.165, 1.54) is 0 Å². The van der Waals surface area contributed by atoms with Crippen LogP contribution in [0.4, 0.5) is 0 Å². The number of rotatable bonds is 3. The molecule has 0 bridgehead atoms. The summed E-state index contributed by atoms with van der Waals surface area (Å²) in [7, 11) is 1.67. The maximum atomic E-state index is 5.84. The van der Waals surface area contributed by atoms with Gasteiger partial charge in [-0.3, -0.25) is 5.10 Å². The molecule has 1 fully saturated rings. The summed E-state index contributed by atoms with van der Waals surface area (Å²) in [6, 6.07) is 0. The molecule has 1 aromatic rings. The Morgan fingerprint density at radius 3 is 3.20 bits per heavy atom. The zero-order valence-electron chi connectivity index (χ0n) is 9.12. The van der Waals surface area contributed by atoms with Gasteiger partial charge in [0.25, 0.3) is 0 Å². The van der Waals surface area contributed by atoms with E-state index in [1.807, 2.05) is 6.20 Å². The monoisotopic (exact) mass is 211 g/mol. The lowest BCUT2D eigenvalue weighted by Gasteiger charge is -2.28. The first-order valence-electron chi connectivity index (χ1n) is 5.19. The van der Waals surface area contributed by atoms with Crippen LogP contribution >= 0.6 is 0 Å². The normalized spacial score (nSPS) is 26.8. The quantitative estimate of drug-likeness (QED) is 0.769. The highest BCUT2D eigenvalue weighted by Crippen LogP contribution is 2.23. The Morgan fingerprint density at radius 1 is 1.60 bits per heavy atom. The third-order valence-electron chi connectivity index (χ3n) is 2.54. The number of morpholine rings is 1. The SMILES string of the molecule is COCc1n[nH]cc1[C@H]1CNC[C@@H](C)O1. The number of nitrogens with one attached hydrogen (secondary N) is 2. The lowest BCUT2D eigenvalue weighted by Crippen LogP contribution is -2.39. The fourth-order valence-electron chi connectivity index (χ4n) is 1.84. The standard InChI is InChI=1S/C10H17N3O2/c1-7-3-11-5-10(15-7)8-4-12-13-9(8)6-14-2/h4,7,10-11H,3,5-6H2,1-2H3,(H,12,13)/t7-,10-/m1/s1. The average molecular weight is 211 g/mol. The second-order valence-electron chi connectivity index (χ2n) is 3.81. The van der Waals surface area contributed by atoms with Crippen molar-refractivity contribution in [1.29, 1.82) is 0 Å². The highest BCUT2D eigenvalue weighted by atomic mass is 16.5. The zero-order valence-corrected chi connectivity index (χ0v) is 9.12. The Bertz CT molecular complexity index is 313. The van der Waals surface area contributed by atoms with Crippen molar-refractivity contribution >= 4 is 0 Å². The molecule has 1 aliphatic rings. The molecule has 2 heterocycles. The van der Waals surface area contributed by atoms with Crippen molar-refractivity contribution in [3.63, 3.8) is 0 Å². The first-order valence-corrected chi connectivity index (χ1v) is 5.19. The molecular formula is C10H17N3O2. The summed E-state index contributed by atoms with van der Waals surface area (Å²) in [6.45, 7) is 4.33. The van der Waals surface area contributed by atoms with Crippen LogP contribution in [-0.4, -0.2) is 36.5 Å². The van der Waals surface area contributed by atoms with Crippen molar-refractivity contribution in [2.75, 3.05) is 20.2 Å². The van der Waals surface area contributed by atoms with Gasteiger partial charge in [0.15, 0.2) is 0 Å². The third-order valence-corrected chi connectivity index (χ3v) is 2.54. The Kier molecular flexibility index (Phi) is 3.35. The first kappa shape index (κ1) is 10.6. The zero-order chi connectivity index (χ0) is 10.7. The fraction of sp³-hybridized carbons (Fsp3) is 0.700. The lowest BCUT2D eigenvalue weighted by atomic mass is 10.1. The number of H-pyrrole nitrogens is 1. The smallest absolute Gasteiger partial charge is 0.0987 e. The van der Waals surface area contributed by atoms with Gasteiger partial charge >= 0.3 is 0 Å². The van der Waals surface area contributed by atoms with Crippen molar-refractivity contribution in [3.8, 4) is 0 Å². The summed E-state index contributed by atoms with van der Waals surface area (Å²) in [4.78, 5) is 0. The van der Waals surface area contributed by atoms with Gasteiger partial charge in [-0.2, -0.15) is 5.10 Å². The number of nitrogens with zero attached hydrogens (tertiary/aromatic N) is 1. The summed E-state index contributed by atoms with van der Waals surface area (Å²) in [6.07, 6.45) is 2.21. The summed E-state index contributed by atoms with van der Waals surface area (Å²) in [5.41, 5.74) is 2.02. The van der Waals surface area contributed by atoms with Gasteiger partial charge in [0.2, 0.25) is 0 Å². The van der Waals surface area contributed by atoms with E-state index in [9.17, 15) is 0 Å². The second-order valence-corrected chi connectivity index (χ2v) is 3.81. The van der Waals surface area contributed by atoms with Gasteiger partial charge < -0.3 is 14.8 Å². The lowest BCUT2D eigenvalue weighted by molar-refractivity contribution is -0.0297. The Balaban J connectivity index is 2.10. The molecule has 0 unspecified atom stereocenters. The van der Waals surface area contributed by atoms with Gasteiger partial charge in [0, 0.05) is 32.0 Å². The third kappa shape index (κ3) is 2.37. The highest BCUT2D eigenvalue weighted by Gasteiger charge is 2.23. The van der Waals surface area contributed by atoms with Gasteiger partial charge in [-0.15, -0.1) is 0 Å². The van der Waals surface area contributed by atoms with Crippen molar-refractivity contribution in [1.82, 2.24) is 15.5 Å². The fourth-order valence-corrected chi connectivity index (χ4v) is 1.84. The number of aromatic amines is 1. The van der Waals surface area contributed by atoms with Crippen LogP contribution in [0.2, 0.25) is 0 Å². The van der Waals surface area contributed by atoms with Crippen LogP contribution in [0.25, 0.3) is 0 Å². The number of ether oxygens (including phenoxy) is 2. The van der Waals surface area contributed by atoms with Crippen LogP contribution < -0.4 is 5.32 Å². The van der Waals surface area contributed by atoms with Crippen LogP contribution in [0.5, 0.6) is 0 Å². The Hall–Kier alpha value is -0.910. The predicted octanol–water partition coefficient (Wildman–Crippen LogP) is 0.605. The van der Waals surface area contributed by atoms with E-state index in [4.69, 9.17) is 9.47 Å². The molecule has 0 aromatic carbocycles. The summed E-state index contributed by atoms with van der Waals surface area (Å²) in [5.74, 6) is 0. The molecule has 0 amide bonds. The Morgan fingerprint density at radius 2 is 2.47 bits per heavy atom. The molecule has 2 atom stereocenters. The van der Waals surface area contributed by atoms with Gasteiger partial charge in [0.05, 0.1) is 24.5 Å². The molecule has 0 aliphatic carbocycles. The van der Waals surface area contributed by atoms with E-state index in [0.717, 1.165) is 24.3 Å². The van der Waals surface area contributed by atoms with Crippen molar-refractivity contribution < 1.29 is 9.47 Å². The molecule has 5 heteroatoms. The molecule has 2 N–H and O–H groups in total. The largest absolute Gasteiger partial charge is 0.378 e. The van der Waals surface area contributed by atoms with Crippen LogP contribution in [0, 0.1) is 0 Å². The highest BCUT2D eigenvalue weighted by molar-refractivity contribution is 5.19. The van der Waals surface area contributed by atoms with Crippen molar-refractivity contribution in [2.45, 2.75) is 25.7 Å². The van der Waals surface area contributed by atoms with E-state index < -0.39 is 0 Å². The minimum atomic E-state index is 0.0812. The molecule has 5 nitrogen and oxygen atoms in total. The summed E-state index contributed by atoms with van der Waals surface area (Å²) in [5, 5.41) is 10.3. The molecule has 0 spiro atoms.